The van der Waals surface area contributed by atoms with Gasteiger partial charge in [0.05, 0.1) is 22.9 Å². The average Bonchev–Trinajstić information content (AvgIpc) is 2.93. The molecule has 0 bridgehead atoms. The molecule has 0 aromatic carbocycles. The first-order valence-corrected chi connectivity index (χ1v) is 10.1. The fourth-order valence-electron chi connectivity index (χ4n) is 3.24. The summed E-state index contributed by atoms with van der Waals surface area (Å²) in [7, 11) is 2.87. The number of amidine groups is 1. The summed E-state index contributed by atoms with van der Waals surface area (Å²) in [4.78, 5) is 33.3. The number of likely N-dealkylation sites (N-methyl/N-ethyl adjacent to an activating group) is 1. The van der Waals surface area contributed by atoms with Crippen LogP contribution in [-0.2, 0) is 16.4 Å². The van der Waals surface area contributed by atoms with Crippen LogP contribution in [0.1, 0.15) is 30.7 Å². The van der Waals surface area contributed by atoms with Gasteiger partial charge < -0.3 is 25.6 Å². The highest BCUT2D eigenvalue weighted by atomic mass is 32.1. The number of amides is 2. The van der Waals surface area contributed by atoms with E-state index < -0.39 is 29.0 Å². The van der Waals surface area contributed by atoms with Gasteiger partial charge in [-0.3, -0.25) is 15.2 Å². The van der Waals surface area contributed by atoms with Gasteiger partial charge in [-0.1, -0.05) is 0 Å². The van der Waals surface area contributed by atoms with Crippen molar-refractivity contribution in [2.45, 2.75) is 25.4 Å². The summed E-state index contributed by atoms with van der Waals surface area (Å²) in [5.41, 5.74) is -0.454. The third kappa shape index (κ3) is 4.76. The van der Waals surface area contributed by atoms with Crippen LogP contribution in [0.25, 0.3) is 0 Å². The number of halogens is 3. The van der Waals surface area contributed by atoms with Crippen LogP contribution in [0.15, 0.2) is 24.5 Å². The molecule has 34 heavy (non-hydrogen) atoms. The molecule has 10 nitrogen and oxygen atoms in total. The van der Waals surface area contributed by atoms with Crippen LogP contribution in [0.4, 0.5) is 29.5 Å². The second kappa shape index (κ2) is 8.85. The van der Waals surface area contributed by atoms with Crippen LogP contribution in [0.5, 0.6) is 5.75 Å². The number of nitrogens with zero attached hydrogens (tertiary/aromatic N) is 3. The number of hydrogen-bond donors (Lipinski definition) is 4. The Morgan fingerprint density at radius 2 is 1.91 bits per heavy atom. The van der Waals surface area contributed by atoms with Crippen LogP contribution in [0.2, 0.25) is 0 Å². The van der Waals surface area contributed by atoms with Crippen LogP contribution >= 0.6 is 12.2 Å². The molecule has 14 heteroatoms. The number of anilines is 2. The molecule has 3 heterocycles. The number of carbonyl (C=O) groups excluding carboxylic acids is 2. The number of fused-ring (bicyclic) bond motifs is 1. The molecule has 2 aromatic heterocycles. The lowest BCUT2D eigenvalue weighted by Crippen LogP contribution is -2.35. The van der Waals surface area contributed by atoms with Crippen molar-refractivity contribution in [3.8, 4) is 5.75 Å². The molecule has 3 rings (SSSR count). The normalized spacial score (nSPS) is 14.3. The van der Waals surface area contributed by atoms with Gasteiger partial charge in [-0.2, -0.15) is 13.2 Å². The predicted molar refractivity (Wildman–Crippen MR) is 121 cm³/mol. The molecule has 0 fully saturated rings. The molecule has 0 spiro atoms. The quantitative estimate of drug-likeness (QED) is 0.290. The summed E-state index contributed by atoms with van der Waals surface area (Å²) < 4.78 is 43.9. The molecule has 0 saturated heterocycles. The molecule has 0 unspecified atom stereocenters. The monoisotopic (exact) mass is 495 g/mol. The Hall–Kier alpha value is -3.81. The lowest BCUT2D eigenvalue weighted by molar-refractivity contribution is -0.137. The zero-order chi connectivity index (χ0) is 25.4. The largest absolute Gasteiger partial charge is 0.418 e. The minimum Gasteiger partial charge on any atom is -0.406 e. The van der Waals surface area contributed by atoms with Gasteiger partial charge in [-0.15, -0.1) is 0 Å². The summed E-state index contributed by atoms with van der Waals surface area (Å²) in [6, 6.07) is 2.18. The van der Waals surface area contributed by atoms with E-state index in [0.29, 0.717) is 23.5 Å². The Bertz CT molecular complexity index is 1200. The molecule has 2 aromatic rings. The van der Waals surface area contributed by atoms with Crippen LogP contribution in [0.3, 0.4) is 0 Å². The molecule has 0 radical (unpaired) electrons. The van der Waals surface area contributed by atoms with Crippen LogP contribution in [-0.4, -0.2) is 47.0 Å². The average molecular weight is 495 g/mol. The van der Waals surface area contributed by atoms with Crippen molar-refractivity contribution in [1.29, 1.82) is 5.41 Å². The Morgan fingerprint density at radius 3 is 2.53 bits per heavy atom. The molecule has 180 valence electrons. The van der Waals surface area contributed by atoms with Crippen molar-refractivity contribution in [1.82, 2.24) is 20.6 Å². The second-order valence-corrected chi connectivity index (χ2v) is 8.15. The second-order valence-electron chi connectivity index (χ2n) is 7.74. The Kier molecular flexibility index (Phi) is 6.46. The Morgan fingerprint density at radius 1 is 1.24 bits per heavy atom. The third-order valence-corrected chi connectivity index (χ3v) is 5.27. The zero-order valence-corrected chi connectivity index (χ0v) is 19.2. The summed E-state index contributed by atoms with van der Waals surface area (Å²) in [5, 5.41) is 15.2. The molecular formula is C20H20F3N7O3S. The van der Waals surface area contributed by atoms with Crippen molar-refractivity contribution in [3.05, 3.63) is 41.3 Å². The fourth-order valence-corrected chi connectivity index (χ4v) is 3.43. The van der Waals surface area contributed by atoms with Crippen molar-refractivity contribution in [3.63, 3.8) is 0 Å². The van der Waals surface area contributed by atoms with E-state index in [1.54, 1.807) is 27.0 Å². The topological polar surface area (TPSA) is 132 Å². The van der Waals surface area contributed by atoms with E-state index in [4.69, 9.17) is 22.4 Å². The van der Waals surface area contributed by atoms with E-state index in [1.807, 2.05) is 0 Å². The summed E-state index contributed by atoms with van der Waals surface area (Å²) >= 11 is 5.13. The van der Waals surface area contributed by atoms with Gasteiger partial charge in [0, 0.05) is 20.3 Å². The molecule has 4 N–H and O–H groups in total. The van der Waals surface area contributed by atoms with Crippen LogP contribution < -0.4 is 25.6 Å². The predicted octanol–water partition coefficient (Wildman–Crippen LogP) is 2.78. The van der Waals surface area contributed by atoms with Crippen molar-refractivity contribution in [2.75, 3.05) is 24.3 Å². The van der Waals surface area contributed by atoms with E-state index in [2.05, 4.69) is 25.9 Å². The lowest BCUT2D eigenvalue weighted by Gasteiger charge is -2.17. The fraction of sp³-hybridized carbons (Fsp3) is 0.300. The van der Waals surface area contributed by atoms with Gasteiger partial charge in [0.2, 0.25) is 5.91 Å². The smallest absolute Gasteiger partial charge is 0.406 e. The first-order valence-electron chi connectivity index (χ1n) is 9.68. The molecule has 0 atom stereocenters. The number of aromatic nitrogens is 2. The molecule has 1 aliphatic rings. The van der Waals surface area contributed by atoms with E-state index >= 15 is 0 Å². The minimum absolute atomic E-state index is 0.116. The standard InChI is InChI=1S/C20H20F3N7O3S/c1-19(2)10-6-11(26-8-12(10)30(4)16(19)31)14(24)28-17(34)29-15-13(33-18(32)25-3)5-9(7-27-15)20(21,22)23/h5-8H,1-4H3,(H,25,32)(H3,24,27,28,29,34). The highest BCUT2D eigenvalue weighted by Crippen LogP contribution is 2.40. The zero-order valence-electron chi connectivity index (χ0n) is 18.4. The number of alkyl halides is 3. The van der Waals surface area contributed by atoms with Crippen molar-refractivity contribution < 1.29 is 27.5 Å². The maximum atomic E-state index is 13.0. The highest BCUT2D eigenvalue weighted by molar-refractivity contribution is 7.80. The maximum Gasteiger partial charge on any atom is 0.418 e. The summed E-state index contributed by atoms with van der Waals surface area (Å²) in [5.74, 6) is -1.16. The molecule has 1 aliphatic heterocycles. The first-order chi connectivity index (χ1) is 15.8. The van der Waals surface area contributed by atoms with E-state index in [-0.39, 0.29) is 28.4 Å². The molecular weight excluding hydrogens is 475 g/mol. The molecule has 0 saturated carbocycles. The Balaban J connectivity index is 1.80. The minimum atomic E-state index is -4.71. The van der Waals surface area contributed by atoms with Crippen molar-refractivity contribution in [2.24, 2.45) is 0 Å². The number of pyridine rings is 2. The maximum absolute atomic E-state index is 13.0. The first kappa shape index (κ1) is 24.8. The number of nitrogens with one attached hydrogen (secondary N) is 4. The number of thiocarbonyl (C=S) groups is 1. The summed E-state index contributed by atoms with van der Waals surface area (Å²) in [6.07, 6.45) is -3.71. The highest BCUT2D eigenvalue weighted by Gasteiger charge is 2.42. The van der Waals surface area contributed by atoms with E-state index in [0.717, 1.165) is 0 Å². The van der Waals surface area contributed by atoms with E-state index in [1.165, 1.54) is 18.1 Å². The van der Waals surface area contributed by atoms with E-state index in [9.17, 15) is 22.8 Å². The number of ether oxygens (including phenoxy) is 1. The lowest BCUT2D eigenvalue weighted by atomic mass is 9.86. The van der Waals surface area contributed by atoms with Gasteiger partial charge in [0.25, 0.3) is 0 Å². The third-order valence-electron chi connectivity index (χ3n) is 5.07. The number of carbonyl (C=O) groups is 2. The van der Waals surface area contributed by atoms with Gasteiger partial charge in [-0.05, 0) is 43.8 Å². The van der Waals surface area contributed by atoms with Gasteiger partial charge >= 0.3 is 12.3 Å². The number of hydrogen-bond acceptors (Lipinski definition) is 7. The Labute approximate surface area is 197 Å². The van der Waals surface area contributed by atoms with Crippen LogP contribution in [0, 0.1) is 5.41 Å². The number of rotatable bonds is 3. The SMILES string of the molecule is CNC(=O)Oc1cc(C(F)(F)F)cnc1NC(=S)NC(=N)c1cc2c(cn1)N(C)C(=O)C2(C)C. The van der Waals surface area contributed by atoms with Gasteiger partial charge in [0.15, 0.2) is 22.5 Å². The molecule has 2 amide bonds. The van der Waals surface area contributed by atoms with Gasteiger partial charge in [0.1, 0.15) is 5.69 Å². The summed E-state index contributed by atoms with van der Waals surface area (Å²) in [6.45, 7) is 3.52. The van der Waals surface area contributed by atoms with Crippen molar-refractivity contribution >= 4 is 46.7 Å². The van der Waals surface area contributed by atoms with Gasteiger partial charge in [-0.25, -0.2) is 9.78 Å². The molecule has 0 aliphatic carbocycles.